The van der Waals surface area contributed by atoms with E-state index in [0.717, 1.165) is 24.9 Å². The summed E-state index contributed by atoms with van der Waals surface area (Å²) < 4.78 is 10.8. The van der Waals surface area contributed by atoms with Gasteiger partial charge in [0.15, 0.2) is 5.88 Å². The van der Waals surface area contributed by atoms with Gasteiger partial charge in [0.25, 0.3) is 5.22 Å². The summed E-state index contributed by atoms with van der Waals surface area (Å²) in [5.41, 5.74) is 0. The molecule has 118 valence electrons. The third kappa shape index (κ3) is 3.91. The van der Waals surface area contributed by atoms with E-state index < -0.39 is 5.97 Å². The first-order valence-electron chi connectivity index (χ1n) is 6.81. The van der Waals surface area contributed by atoms with Crippen molar-refractivity contribution >= 4 is 29.7 Å². The zero-order chi connectivity index (χ0) is 16.1. The van der Waals surface area contributed by atoms with Crippen molar-refractivity contribution in [3.63, 3.8) is 0 Å². The molecule has 2 rings (SSSR count). The Bertz CT molecular complexity index is 673. The van der Waals surface area contributed by atoms with Crippen LogP contribution in [0.4, 0.5) is 5.88 Å². The molecule has 0 spiro atoms. The van der Waals surface area contributed by atoms with Crippen LogP contribution in [-0.4, -0.2) is 34.4 Å². The van der Waals surface area contributed by atoms with Gasteiger partial charge in [-0.15, -0.1) is 10.2 Å². The lowest BCUT2D eigenvalue weighted by Crippen LogP contribution is -2.20. The summed E-state index contributed by atoms with van der Waals surface area (Å²) >= 11 is 0.889. The minimum atomic E-state index is -1.08. The second kappa shape index (κ2) is 7.17. The van der Waals surface area contributed by atoms with Crippen molar-refractivity contribution < 1.29 is 18.7 Å². The van der Waals surface area contributed by atoms with Gasteiger partial charge in [0.05, 0.1) is 0 Å². The van der Waals surface area contributed by atoms with Gasteiger partial charge in [0.2, 0.25) is 5.89 Å². The highest BCUT2D eigenvalue weighted by atomic mass is 32.2. The molecule has 8 heteroatoms. The fourth-order valence-corrected chi connectivity index (χ4v) is 2.50. The van der Waals surface area contributed by atoms with Crippen LogP contribution in [0.15, 0.2) is 31.1 Å². The summed E-state index contributed by atoms with van der Waals surface area (Å²) in [7, 11) is 0. The van der Waals surface area contributed by atoms with Crippen molar-refractivity contribution in [3.8, 4) is 0 Å². The zero-order valence-electron chi connectivity index (χ0n) is 12.6. The normalized spacial score (nSPS) is 11.7. The molecular weight excluding hydrogens is 306 g/mol. The number of furan rings is 1. The topological polar surface area (TPSA) is 92.6 Å². The van der Waals surface area contributed by atoms with Crippen LogP contribution >= 0.6 is 11.8 Å². The molecule has 22 heavy (non-hydrogen) atoms. The summed E-state index contributed by atoms with van der Waals surface area (Å²) in [4.78, 5) is 13.4. The van der Waals surface area contributed by atoms with Crippen LogP contribution in [0.25, 0.3) is 6.08 Å². The maximum Gasteiger partial charge on any atom is 0.342 e. The average molecular weight is 323 g/mol. The van der Waals surface area contributed by atoms with Crippen LogP contribution in [0.3, 0.4) is 0 Å². The molecule has 0 aromatic carbocycles. The largest absolute Gasteiger partial charge is 0.477 e. The number of nitrogens with zero attached hydrogens (tertiary/aromatic N) is 3. The second-order valence-electron chi connectivity index (χ2n) is 4.35. The Morgan fingerprint density at radius 1 is 1.32 bits per heavy atom. The van der Waals surface area contributed by atoms with E-state index in [4.69, 9.17) is 8.83 Å². The Kier molecular flexibility index (Phi) is 5.26. The van der Waals surface area contributed by atoms with Crippen LogP contribution in [0.5, 0.6) is 0 Å². The molecule has 2 aromatic rings. The van der Waals surface area contributed by atoms with E-state index in [0.29, 0.717) is 17.5 Å². The van der Waals surface area contributed by atoms with Gasteiger partial charge in [0.1, 0.15) is 10.7 Å². The molecule has 2 aromatic heterocycles. The van der Waals surface area contributed by atoms with Gasteiger partial charge in [-0.05, 0) is 31.7 Å². The minimum Gasteiger partial charge on any atom is -0.477 e. The Hall–Kier alpha value is -2.22. The van der Waals surface area contributed by atoms with E-state index in [1.807, 2.05) is 24.8 Å². The van der Waals surface area contributed by atoms with Crippen molar-refractivity contribution in [1.29, 1.82) is 0 Å². The summed E-state index contributed by atoms with van der Waals surface area (Å²) in [6, 6.07) is 3.55. The molecule has 7 nitrogen and oxygen atoms in total. The Morgan fingerprint density at radius 3 is 2.59 bits per heavy atom. The lowest BCUT2D eigenvalue weighted by atomic mass is 10.4. The summed E-state index contributed by atoms with van der Waals surface area (Å²) in [6.07, 6.45) is 1.44. The Labute approximate surface area is 132 Å². The third-order valence-corrected chi connectivity index (χ3v) is 3.73. The lowest BCUT2D eigenvalue weighted by molar-refractivity contribution is -0.131. The molecule has 0 fully saturated rings. The molecule has 2 heterocycles. The molecule has 0 aliphatic rings. The van der Waals surface area contributed by atoms with Crippen molar-refractivity contribution in [2.75, 3.05) is 18.0 Å². The first-order valence-corrected chi connectivity index (χ1v) is 7.62. The highest BCUT2D eigenvalue weighted by molar-refractivity contribution is 8.03. The van der Waals surface area contributed by atoms with E-state index in [9.17, 15) is 9.90 Å². The van der Waals surface area contributed by atoms with Gasteiger partial charge >= 0.3 is 5.97 Å². The molecule has 0 saturated heterocycles. The molecule has 0 amide bonds. The van der Waals surface area contributed by atoms with Crippen LogP contribution in [0, 0.1) is 6.92 Å². The Balaban J connectivity index is 2.21. The van der Waals surface area contributed by atoms with Crippen LogP contribution < -0.4 is 4.90 Å². The van der Waals surface area contributed by atoms with Gasteiger partial charge in [0, 0.05) is 32.2 Å². The van der Waals surface area contributed by atoms with Gasteiger partial charge in [-0.3, -0.25) is 0 Å². The molecular formula is C14H17N3O4S. The summed E-state index contributed by atoms with van der Waals surface area (Å²) in [6.45, 7) is 7.32. The maximum atomic E-state index is 11.3. The highest BCUT2D eigenvalue weighted by Crippen LogP contribution is 2.29. The van der Waals surface area contributed by atoms with Gasteiger partial charge < -0.3 is 18.8 Å². The summed E-state index contributed by atoms with van der Waals surface area (Å²) in [5.74, 6) is 0.471. The van der Waals surface area contributed by atoms with E-state index >= 15 is 0 Å². The van der Waals surface area contributed by atoms with E-state index in [-0.39, 0.29) is 10.1 Å². The number of hydrogen-bond acceptors (Lipinski definition) is 7. The number of carboxylic acid groups (broad SMARTS) is 1. The second-order valence-corrected chi connectivity index (χ2v) is 5.34. The number of aryl methyl sites for hydroxylation is 1. The SMILES string of the molecule is CCN(CC)c1ccc(/C=C(\Sc2nnc(C)o2)C(=O)O)o1. The number of rotatable bonds is 7. The molecule has 0 atom stereocenters. The number of anilines is 1. The van der Waals surface area contributed by atoms with Crippen molar-refractivity contribution in [2.45, 2.75) is 26.0 Å². The van der Waals surface area contributed by atoms with Gasteiger partial charge in [-0.25, -0.2) is 4.79 Å². The fraction of sp³-hybridized carbons (Fsp3) is 0.357. The molecule has 0 radical (unpaired) electrons. The molecule has 0 saturated carbocycles. The minimum absolute atomic E-state index is 0.0455. The standard InChI is InChI=1S/C14H17N3O4S/c1-4-17(5-2)12-7-6-10(21-12)8-11(13(18)19)22-14-16-15-9(3)20-14/h6-8H,4-5H2,1-3H3,(H,18,19)/b11-8-. The van der Waals surface area contributed by atoms with E-state index in [2.05, 4.69) is 10.2 Å². The predicted molar refractivity (Wildman–Crippen MR) is 82.8 cm³/mol. The monoisotopic (exact) mass is 323 g/mol. The first kappa shape index (κ1) is 16.2. The quantitative estimate of drug-likeness (QED) is 0.614. The van der Waals surface area contributed by atoms with Crippen molar-refractivity contribution in [3.05, 3.63) is 28.7 Å². The smallest absolute Gasteiger partial charge is 0.342 e. The van der Waals surface area contributed by atoms with Crippen LogP contribution in [0.1, 0.15) is 25.5 Å². The van der Waals surface area contributed by atoms with Gasteiger partial charge in [-0.1, -0.05) is 0 Å². The van der Waals surface area contributed by atoms with Crippen molar-refractivity contribution in [2.24, 2.45) is 0 Å². The highest BCUT2D eigenvalue weighted by Gasteiger charge is 2.15. The first-order chi connectivity index (χ1) is 10.5. The number of carboxylic acids is 1. The van der Waals surface area contributed by atoms with E-state index in [1.165, 1.54) is 6.08 Å². The van der Waals surface area contributed by atoms with E-state index in [1.54, 1.807) is 13.0 Å². The fourth-order valence-electron chi connectivity index (χ4n) is 1.80. The van der Waals surface area contributed by atoms with Crippen LogP contribution in [0.2, 0.25) is 0 Å². The molecule has 0 bridgehead atoms. The number of carbonyl (C=O) groups is 1. The van der Waals surface area contributed by atoms with Crippen molar-refractivity contribution in [1.82, 2.24) is 10.2 Å². The third-order valence-electron chi connectivity index (χ3n) is 2.88. The zero-order valence-corrected chi connectivity index (χ0v) is 13.4. The maximum absolute atomic E-state index is 11.3. The molecule has 0 unspecified atom stereocenters. The number of aliphatic carboxylic acids is 1. The van der Waals surface area contributed by atoms with Gasteiger partial charge in [-0.2, -0.15) is 0 Å². The number of thioether (sulfide) groups is 1. The number of hydrogen-bond donors (Lipinski definition) is 1. The molecule has 0 aliphatic carbocycles. The predicted octanol–water partition coefficient (Wildman–Crippen LogP) is 3.04. The summed E-state index contributed by atoms with van der Waals surface area (Å²) in [5, 5.41) is 16.9. The van der Waals surface area contributed by atoms with Crippen LogP contribution in [-0.2, 0) is 4.79 Å². The number of aromatic nitrogens is 2. The molecule has 1 N–H and O–H groups in total. The average Bonchev–Trinajstić information content (AvgIpc) is 3.09. The molecule has 0 aliphatic heterocycles. The Morgan fingerprint density at radius 2 is 2.05 bits per heavy atom. The lowest BCUT2D eigenvalue weighted by Gasteiger charge is -2.16.